The summed E-state index contributed by atoms with van der Waals surface area (Å²) in [6, 6.07) is 1.96. The first-order valence-electron chi connectivity index (χ1n) is 6.22. The van der Waals surface area contributed by atoms with Crippen molar-refractivity contribution in [3.05, 3.63) is 17.4 Å². The van der Waals surface area contributed by atoms with E-state index >= 15 is 0 Å². The number of anilines is 1. The molecule has 0 radical (unpaired) electrons. The Morgan fingerprint density at radius 3 is 2.94 bits per heavy atom. The first kappa shape index (κ1) is 11.7. The maximum atomic E-state index is 6.06. The number of hydrogen-bond acceptors (Lipinski definition) is 4. The molecule has 1 aliphatic rings. The highest BCUT2D eigenvalue weighted by Gasteiger charge is 2.16. The topological polar surface area (TPSA) is 68.8 Å². The van der Waals surface area contributed by atoms with Crippen molar-refractivity contribution in [2.75, 3.05) is 18.8 Å². The molecule has 0 aromatic carbocycles. The van der Waals surface area contributed by atoms with Gasteiger partial charge in [-0.2, -0.15) is 4.98 Å². The lowest BCUT2D eigenvalue weighted by atomic mass is 9.98. The first-order chi connectivity index (χ1) is 8.74. The normalized spacial score (nSPS) is 17.4. The van der Waals surface area contributed by atoms with Crippen molar-refractivity contribution in [3.63, 3.8) is 0 Å². The average molecular weight is 266 g/mol. The van der Waals surface area contributed by atoms with Gasteiger partial charge in [-0.05, 0) is 37.9 Å². The lowest BCUT2D eigenvalue weighted by Crippen LogP contribution is -2.29. The molecule has 18 heavy (non-hydrogen) atoms. The summed E-state index contributed by atoms with van der Waals surface area (Å²) in [4.78, 5) is 8.26. The summed E-state index contributed by atoms with van der Waals surface area (Å²) in [7, 11) is 0. The highest BCUT2D eigenvalue weighted by Crippen LogP contribution is 2.24. The Kier molecular flexibility index (Phi) is 3.09. The number of nitrogens with two attached hydrogens (primary N) is 1. The first-order valence-corrected chi connectivity index (χ1v) is 6.60. The second-order valence-corrected chi connectivity index (χ2v) is 5.13. The number of fused-ring (bicyclic) bond motifs is 1. The van der Waals surface area contributed by atoms with E-state index in [0.29, 0.717) is 11.1 Å². The number of piperidine rings is 1. The van der Waals surface area contributed by atoms with Crippen LogP contribution in [-0.2, 0) is 6.54 Å². The van der Waals surface area contributed by atoms with E-state index in [1.165, 1.54) is 12.8 Å². The molecular weight excluding hydrogens is 250 g/mol. The molecule has 0 atom stereocenters. The Labute approximate surface area is 110 Å². The van der Waals surface area contributed by atoms with Crippen molar-refractivity contribution in [1.82, 2.24) is 19.9 Å². The second-order valence-electron chi connectivity index (χ2n) is 4.77. The molecule has 0 unspecified atom stereocenters. The molecule has 0 saturated carbocycles. The van der Waals surface area contributed by atoms with Crippen molar-refractivity contribution < 1.29 is 0 Å². The van der Waals surface area contributed by atoms with Crippen LogP contribution in [0.3, 0.4) is 0 Å². The number of halogens is 1. The molecular formula is C12H16ClN5. The Morgan fingerprint density at radius 2 is 2.17 bits per heavy atom. The maximum absolute atomic E-state index is 6.06. The summed E-state index contributed by atoms with van der Waals surface area (Å²) >= 11 is 6.06. The van der Waals surface area contributed by atoms with Gasteiger partial charge >= 0.3 is 0 Å². The van der Waals surface area contributed by atoms with Crippen molar-refractivity contribution >= 4 is 28.6 Å². The number of nitrogen functional groups attached to an aromatic ring is 1. The predicted octanol–water partition coefficient (Wildman–Crippen LogP) is 1.67. The van der Waals surface area contributed by atoms with Gasteiger partial charge in [-0.1, -0.05) is 11.6 Å². The van der Waals surface area contributed by atoms with Crippen LogP contribution in [0.5, 0.6) is 0 Å². The summed E-state index contributed by atoms with van der Waals surface area (Å²) in [6.07, 6.45) is 4.43. The fourth-order valence-corrected chi connectivity index (χ4v) is 2.77. The number of rotatable bonds is 2. The molecule has 1 aliphatic heterocycles. The summed E-state index contributed by atoms with van der Waals surface area (Å²) in [5, 5.41) is 4.68. The largest absolute Gasteiger partial charge is 0.368 e. The van der Waals surface area contributed by atoms with Crippen LogP contribution < -0.4 is 11.1 Å². The van der Waals surface area contributed by atoms with E-state index < -0.39 is 0 Å². The molecule has 2 aromatic heterocycles. The monoisotopic (exact) mass is 265 g/mol. The number of aromatic nitrogens is 3. The average Bonchev–Trinajstić information content (AvgIpc) is 2.74. The summed E-state index contributed by atoms with van der Waals surface area (Å²) in [6.45, 7) is 3.17. The number of hydrogen-bond donors (Lipinski definition) is 2. The SMILES string of the molecule is Nc1nc(Cl)c2ccn(CC3CCNCC3)c2n1. The van der Waals surface area contributed by atoms with Crippen LogP contribution in [0.15, 0.2) is 12.3 Å². The van der Waals surface area contributed by atoms with Crippen LogP contribution >= 0.6 is 11.6 Å². The minimum Gasteiger partial charge on any atom is -0.368 e. The van der Waals surface area contributed by atoms with Gasteiger partial charge in [0, 0.05) is 12.7 Å². The van der Waals surface area contributed by atoms with E-state index in [9.17, 15) is 0 Å². The number of nitrogens with one attached hydrogen (secondary N) is 1. The van der Waals surface area contributed by atoms with Gasteiger partial charge in [-0.25, -0.2) is 4.98 Å². The fourth-order valence-electron chi connectivity index (χ4n) is 2.53. The van der Waals surface area contributed by atoms with Crippen molar-refractivity contribution in [1.29, 1.82) is 0 Å². The number of nitrogens with zero attached hydrogens (tertiary/aromatic N) is 3. The zero-order valence-electron chi connectivity index (χ0n) is 10.1. The van der Waals surface area contributed by atoms with Crippen LogP contribution in [0, 0.1) is 5.92 Å². The Hall–Kier alpha value is -1.33. The molecule has 96 valence electrons. The molecule has 2 aromatic rings. The van der Waals surface area contributed by atoms with Gasteiger partial charge in [-0.15, -0.1) is 0 Å². The fraction of sp³-hybridized carbons (Fsp3) is 0.500. The molecule has 3 rings (SSSR count). The lowest BCUT2D eigenvalue weighted by Gasteiger charge is -2.23. The smallest absolute Gasteiger partial charge is 0.223 e. The molecule has 5 nitrogen and oxygen atoms in total. The molecule has 6 heteroatoms. The third-order valence-corrected chi connectivity index (χ3v) is 3.79. The van der Waals surface area contributed by atoms with E-state index in [1.54, 1.807) is 0 Å². The van der Waals surface area contributed by atoms with Gasteiger partial charge in [0.2, 0.25) is 5.95 Å². The molecule has 3 heterocycles. The molecule has 0 aliphatic carbocycles. The predicted molar refractivity (Wildman–Crippen MR) is 72.5 cm³/mol. The van der Waals surface area contributed by atoms with Gasteiger partial charge < -0.3 is 15.6 Å². The van der Waals surface area contributed by atoms with Crippen molar-refractivity contribution in [2.24, 2.45) is 5.92 Å². The van der Waals surface area contributed by atoms with Crippen LogP contribution in [0.2, 0.25) is 5.15 Å². The Bertz CT molecular complexity index is 559. The van der Waals surface area contributed by atoms with E-state index in [4.69, 9.17) is 17.3 Å². The molecule has 0 bridgehead atoms. The van der Waals surface area contributed by atoms with E-state index in [0.717, 1.165) is 30.7 Å². The minimum absolute atomic E-state index is 0.234. The van der Waals surface area contributed by atoms with Gasteiger partial charge in [0.15, 0.2) is 0 Å². The van der Waals surface area contributed by atoms with Crippen LogP contribution in [0.1, 0.15) is 12.8 Å². The van der Waals surface area contributed by atoms with Gasteiger partial charge in [-0.3, -0.25) is 0 Å². The van der Waals surface area contributed by atoms with Crippen molar-refractivity contribution in [3.8, 4) is 0 Å². The minimum atomic E-state index is 0.234. The van der Waals surface area contributed by atoms with Crippen LogP contribution in [0.4, 0.5) is 5.95 Å². The van der Waals surface area contributed by atoms with Crippen LogP contribution in [0.25, 0.3) is 11.0 Å². The van der Waals surface area contributed by atoms with Gasteiger partial charge in [0.25, 0.3) is 0 Å². The Balaban J connectivity index is 1.92. The zero-order valence-corrected chi connectivity index (χ0v) is 10.8. The quantitative estimate of drug-likeness (QED) is 0.811. The van der Waals surface area contributed by atoms with E-state index in [2.05, 4.69) is 19.9 Å². The maximum Gasteiger partial charge on any atom is 0.223 e. The van der Waals surface area contributed by atoms with E-state index in [1.807, 2.05) is 12.3 Å². The molecule has 0 spiro atoms. The zero-order chi connectivity index (χ0) is 12.5. The molecule has 3 N–H and O–H groups in total. The standard InChI is InChI=1S/C12H16ClN5/c13-10-9-3-6-18(11(9)17-12(14)16-10)7-8-1-4-15-5-2-8/h3,6,8,15H,1-2,4-5,7H2,(H2,14,16,17). The second kappa shape index (κ2) is 4.74. The third-order valence-electron chi connectivity index (χ3n) is 3.50. The molecule has 1 saturated heterocycles. The van der Waals surface area contributed by atoms with E-state index in [-0.39, 0.29) is 5.95 Å². The van der Waals surface area contributed by atoms with Gasteiger partial charge in [0.1, 0.15) is 10.8 Å². The highest BCUT2D eigenvalue weighted by atomic mass is 35.5. The Morgan fingerprint density at radius 1 is 1.39 bits per heavy atom. The van der Waals surface area contributed by atoms with Crippen LogP contribution in [-0.4, -0.2) is 27.6 Å². The summed E-state index contributed by atoms with van der Waals surface area (Å²) < 4.78 is 2.13. The van der Waals surface area contributed by atoms with Crippen molar-refractivity contribution in [2.45, 2.75) is 19.4 Å². The molecule has 0 amide bonds. The third kappa shape index (κ3) is 2.15. The summed E-state index contributed by atoms with van der Waals surface area (Å²) in [5.41, 5.74) is 6.49. The van der Waals surface area contributed by atoms with Gasteiger partial charge in [0.05, 0.1) is 5.39 Å². The highest BCUT2D eigenvalue weighted by molar-refractivity contribution is 6.34. The lowest BCUT2D eigenvalue weighted by molar-refractivity contribution is 0.336. The molecule has 1 fully saturated rings. The summed E-state index contributed by atoms with van der Waals surface area (Å²) in [5.74, 6) is 0.926.